The predicted molar refractivity (Wildman–Crippen MR) is 95.6 cm³/mol. The van der Waals surface area contributed by atoms with Crippen LogP contribution in [-0.4, -0.2) is 17.5 Å². The molecule has 24 heavy (non-hydrogen) atoms. The van der Waals surface area contributed by atoms with Crippen molar-refractivity contribution in [3.8, 4) is 33.9 Å². The fraction of sp³-hybridized carbons (Fsp3) is 0.158. The third kappa shape index (κ3) is 3.46. The van der Waals surface area contributed by atoms with E-state index >= 15 is 0 Å². The minimum atomic E-state index is -0.333. The fourth-order valence-electron chi connectivity index (χ4n) is 2.53. The third-order valence-electron chi connectivity index (χ3n) is 3.56. The van der Waals surface area contributed by atoms with Crippen LogP contribution in [0.15, 0.2) is 47.8 Å². The second-order valence-electron chi connectivity index (χ2n) is 5.43. The Morgan fingerprint density at radius 1 is 1.04 bits per heavy atom. The van der Waals surface area contributed by atoms with Gasteiger partial charge in [-0.2, -0.15) is 4.37 Å². The number of nitrogens with zero attached hydrogens (tertiary/aromatic N) is 1. The largest absolute Gasteiger partial charge is 0.497 e. The SMILES string of the molecule is COc1ccc(-c2csnc2-c2cc(C)cc(OC(C)=O)c2)cc1. The normalized spacial score (nSPS) is 10.5. The molecular formula is C19H17NO3S. The van der Waals surface area contributed by atoms with Crippen LogP contribution in [0.1, 0.15) is 12.5 Å². The summed E-state index contributed by atoms with van der Waals surface area (Å²) >= 11 is 1.40. The van der Waals surface area contributed by atoms with Crippen LogP contribution in [0.5, 0.6) is 11.5 Å². The van der Waals surface area contributed by atoms with E-state index in [0.717, 1.165) is 33.7 Å². The number of benzene rings is 2. The predicted octanol–water partition coefficient (Wildman–Crippen LogP) is 4.72. The van der Waals surface area contributed by atoms with Gasteiger partial charge in [0.25, 0.3) is 0 Å². The lowest BCUT2D eigenvalue weighted by Crippen LogP contribution is -2.01. The molecule has 122 valence electrons. The number of methoxy groups -OCH3 is 1. The summed E-state index contributed by atoms with van der Waals surface area (Å²) in [6.07, 6.45) is 0. The van der Waals surface area contributed by atoms with Gasteiger partial charge >= 0.3 is 5.97 Å². The number of hydrogen-bond acceptors (Lipinski definition) is 5. The topological polar surface area (TPSA) is 48.4 Å². The van der Waals surface area contributed by atoms with E-state index in [4.69, 9.17) is 9.47 Å². The lowest BCUT2D eigenvalue weighted by atomic mass is 10.0. The van der Waals surface area contributed by atoms with Crippen molar-refractivity contribution in [3.63, 3.8) is 0 Å². The quantitative estimate of drug-likeness (QED) is 0.510. The Kier molecular flexibility index (Phi) is 4.62. The van der Waals surface area contributed by atoms with Crippen molar-refractivity contribution >= 4 is 17.5 Å². The van der Waals surface area contributed by atoms with Gasteiger partial charge in [0.2, 0.25) is 0 Å². The lowest BCUT2D eigenvalue weighted by molar-refractivity contribution is -0.131. The molecule has 2 aromatic carbocycles. The molecule has 0 N–H and O–H groups in total. The van der Waals surface area contributed by atoms with E-state index in [1.165, 1.54) is 18.5 Å². The smallest absolute Gasteiger partial charge is 0.308 e. The van der Waals surface area contributed by atoms with Crippen LogP contribution >= 0.6 is 11.5 Å². The molecule has 4 nitrogen and oxygen atoms in total. The highest BCUT2D eigenvalue weighted by Crippen LogP contribution is 2.35. The Morgan fingerprint density at radius 3 is 2.46 bits per heavy atom. The van der Waals surface area contributed by atoms with Gasteiger partial charge < -0.3 is 9.47 Å². The fourth-order valence-corrected chi connectivity index (χ4v) is 3.24. The average molecular weight is 339 g/mol. The first kappa shape index (κ1) is 16.2. The van der Waals surface area contributed by atoms with E-state index in [1.807, 2.05) is 54.8 Å². The van der Waals surface area contributed by atoms with Crippen LogP contribution in [0, 0.1) is 6.92 Å². The maximum atomic E-state index is 11.2. The Balaban J connectivity index is 2.03. The minimum absolute atomic E-state index is 0.333. The summed E-state index contributed by atoms with van der Waals surface area (Å²) in [5, 5.41) is 2.02. The third-order valence-corrected chi connectivity index (χ3v) is 4.19. The average Bonchev–Trinajstić information content (AvgIpc) is 3.03. The zero-order valence-electron chi connectivity index (χ0n) is 13.7. The summed E-state index contributed by atoms with van der Waals surface area (Å²) in [5.74, 6) is 1.02. The molecule has 0 amide bonds. The van der Waals surface area contributed by atoms with Crippen LogP contribution in [0.4, 0.5) is 0 Å². The van der Waals surface area contributed by atoms with Gasteiger partial charge in [-0.1, -0.05) is 12.1 Å². The zero-order chi connectivity index (χ0) is 17.1. The molecule has 0 unspecified atom stereocenters. The second-order valence-corrected chi connectivity index (χ2v) is 6.06. The molecule has 0 saturated heterocycles. The highest BCUT2D eigenvalue weighted by atomic mass is 32.1. The van der Waals surface area contributed by atoms with Crippen LogP contribution in [0.25, 0.3) is 22.4 Å². The molecule has 0 aliphatic heterocycles. The summed E-state index contributed by atoms with van der Waals surface area (Å²) in [5.41, 5.74) is 4.93. The summed E-state index contributed by atoms with van der Waals surface area (Å²) in [7, 11) is 1.65. The van der Waals surface area contributed by atoms with E-state index in [0.29, 0.717) is 5.75 Å². The van der Waals surface area contributed by atoms with Crippen molar-refractivity contribution in [3.05, 3.63) is 53.4 Å². The summed E-state index contributed by atoms with van der Waals surface area (Å²) in [6.45, 7) is 3.36. The molecule has 1 heterocycles. The Labute approximate surface area is 144 Å². The number of carbonyl (C=O) groups excluding carboxylic acids is 1. The molecule has 0 atom stereocenters. The molecular weight excluding hydrogens is 322 g/mol. The first-order valence-corrected chi connectivity index (χ1v) is 8.30. The van der Waals surface area contributed by atoms with Crippen molar-refractivity contribution < 1.29 is 14.3 Å². The lowest BCUT2D eigenvalue weighted by Gasteiger charge is -2.08. The number of aromatic nitrogens is 1. The van der Waals surface area contributed by atoms with Crippen LogP contribution in [0.2, 0.25) is 0 Å². The highest BCUT2D eigenvalue weighted by Gasteiger charge is 2.13. The Hall–Kier alpha value is -2.66. The van der Waals surface area contributed by atoms with Gasteiger partial charge in [0.15, 0.2) is 0 Å². The Bertz CT molecular complexity index is 869. The van der Waals surface area contributed by atoms with Crippen molar-refractivity contribution in [1.82, 2.24) is 4.37 Å². The van der Waals surface area contributed by atoms with Crippen molar-refractivity contribution in [1.29, 1.82) is 0 Å². The van der Waals surface area contributed by atoms with Crippen LogP contribution < -0.4 is 9.47 Å². The monoisotopic (exact) mass is 339 g/mol. The highest BCUT2D eigenvalue weighted by molar-refractivity contribution is 7.04. The standard InChI is InChI=1S/C19H17NO3S/c1-12-8-15(10-17(9-12)23-13(2)21)19-18(11-24-20-19)14-4-6-16(22-3)7-5-14/h4-11H,1-3H3. The van der Waals surface area contributed by atoms with Crippen LogP contribution in [-0.2, 0) is 4.79 Å². The first-order valence-electron chi connectivity index (χ1n) is 7.46. The molecule has 3 rings (SSSR count). The summed E-state index contributed by atoms with van der Waals surface area (Å²) < 4.78 is 15.0. The van der Waals surface area contributed by atoms with Gasteiger partial charge in [-0.25, -0.2) is 0 Å². The van der Waals surface area contributed by atoms with E-state index < -0.39 is 0 Å². The number of rotatable bonds is 4. The minimum Gasteiger partial charge on any atom is -0.497 e. The number of carbonyl (C=O) groups is 1. The van der Waals surface area contributed by atoms with E-state index in [2.05, 4.69) is 4.37 Å². The van der Waals surface area contributed by atoms with Crippen molar-refractivity contribution in [2.75, 3.05) is 7.11 Å². The van der Waals surface area contributed by atoms with Crippen LogP contribution in [0.3, 0.4) is 0 Å². The molecule has 5 heteroatoms. The molecule has 0 bridgehead atoms. The maximum absolute atomic E-state index is 11.2. The molecule has 0 aliphatic rings. The summed E-state index contributed by atoms with van der Waals surface area (Å²) in [6, 6.07) is 13.6. The van der Waals surface area contributed by atoms with Crippen molar-refractivity contribution in [2.45, 2.75) is 13.8 Å². The van der Waals surface area contributed by atoms with E-state index in [-0.39, 0.29) is 5.97 Å². The van der Waals surface area contributed by atoms with Gasteiger partial charge in [-0.15, -0.1) is 0 Å². The number of aryl methyl sites for hydroxylation is 1. The zero-order valence-corrected chi connectivity index (χ0v) is 14.5. The molecule has 0 aliphatic carbocycles. The van der Waals surface area contributed by atoms with Gasteiger partial charge in [0.05, 0.1) is 12.8 Å². The number of hydrogen-bond donors (Lipinski definition) is 0. The van der Waals surface area contributed by atoms with E-state index in [9.17, 15) is 4.79 Å². The maximum Gasteiger partial charge on any atom is 0.308 e. The molecule has 0 spiro atoms. The van der Waals surface area contributed by atoms with E-state index in [1.54, 1.807) is 7.11 Å². The first-order chi connectivity index (χ1) is 11.6. The second kappa shape index (κ2) is 6.84. The molecule has 0 fully saturated rings. The molecule has 1 aromatic heterocycles. The van der Waals surface area contributed by atoms with Gasteiger partial charge in [0.1, 0.15) is 11.5 Å². The Morgan fingerprint density at radius 2 is 1.79 bits per heavy atom. The summed E-state index contributed by atoms with van der Waals surface area (Å²) in [4.78, 5) is 11.2. The molecule has 3 aromatic rings. The number of esters is 1. The van der Waals surface area contributed by atoms with Gasteiger partial charge in [-0.3, -0.25) is 4.79 Å². The van der Waals surface area contributed by atoms with Crippen molar-refractivity contribution in [2.24, 2.45) is 0 Å². The molecule has 0 radical (unpaired) electrons. The number of ether oxygens (including phenoxy) is 2. The van der Waals surface area contributed by atoms with Gasteiger partial charge in [-0.05, 0) is 59.9 Å². The van der Waals surface area contributed by atoms with Gasteiger partial charge in [0, 0.05) is 23.4 Å². The molecule has 0 saturated carbocycles.